The normalized spacial score (nSPS) is 11.0. The maximum absolute atomic E-state index is 13.6. The van der Waals surface area contributed by atoms with E-state index in [4.69, 9.17) is 4.74 Å². The third kappa shape index (κ3) is 2.38. The fourth-order valence-corrected chi connectivity index (χ4v) is 2.32. The zero-order valence-electron chi connectivity index (χ0n) is 10.4. The van der Waals surface area contributed by atoms with Crippen LogP contribution >= 0.6 is 15.9 Å². The number of aromatic amines is 1. The van der Waals surface area contributed by atoms with E-state index in [0.717, 1.165) is 23.5 Å². The van der Waals surface area contributed by atoms with Gasteiger partial charge in [0.05, 0.1) is 15.5 Å². The maximum atomic E-state index is 13.6. The molecule has 0 radical (unpaired) electrons. The summed E-state index contributed by atoms with van der Waals surface area (Å²) in [6.45, 7) is 1.84. The Morgan fingerprint density at radius 2 is 1.95 bits per heavy atom. The minimum absolute atomic E-state index is 0.0429. The molecule has 0 fully saturated rings. The molecule has 1 aromatic heterocycles. The topological polar surface area (TPSA) is 37.9 Å². The van der Waals surface area contributed by atoms with E-state index in [2.05, 4.69) is 25.9 Å². The van der Waals surface area contributed by atoms with E-state index in [1.807, 2.05) is 6.92 Å². The van der Waals surface area contributed by atoms with E-state index in [1.54, 1.807) is 12.1 Å². The number of aryl methyl sites for hydroxylation is 1. The molecule has 0 unspecified atom stereocenters. The Bertz CT molecular complexity index is 801. The molecule has 0 saturated heterocycles. The van der Waals surface area contributed by atoms with Gasteiger partial charge in [-0.15, -0.1) is 0 Å². The summed E-state index contributed by atoms with van der Waals surface area (Å²) in [5.41, 5.74) is 1.56. The van der Waals surface area contributed by atoms with Crippen LogP contribution in [0.1, 0.15) is 5.82 Å². The molecule has 0 aliphatic rings. The molecular formula is C14H9BrF2N2O. The summed E-state index contributed by atoms with van der Waals surface area (Å²) in [5, 5.41) is 0. The maximum Gasteiger partial charge on any atom is 0.168 e. The summed E-state index contributed by atoms with van der Waals surface area (Å²) in [6, 6.07) is 6.65. The SMILES string of the molecule is Cc1nc2cc(Oc3ccc(F)cc3F)c(Br)cc2[nH]1. The first-order chi connectivity index (χ1) is 9.52. The molecule has 0 aliphatic heterocycles. The van der Waals surface area contributed by atoms with Gasteiger partial charge in [-0.1, -0.05) is 0 Å². The molecule has 1 N–H and O–H groups in total. The van der Waals surface area contributed by atoms with Gasteiger partial charge in [0, 0.05) is 12.1 Å². The van der Waals surface area contributed by atoms with E-state index in [0.29, 0.717) is 15.7 Å². The second kappa shape index (κ2) is 4.86. The molecule has 0 bridgehead atoms. The van der Waals surface area contributed by atoms with Crippen molar-refractivity contribution in [2.45, 2.75) is 6.92 Å². The number of benzene rings is 2. The van der Waals surface area contributed by atoms with Crippen LogP contribution in [0.2, 0.25) is 0 Å². The van der Waals surface area contributed by atoms with Crippen molar-refractivity contribution < 1.29 is 13.5 Å². The van der Waals surface area contributed by atoms with E-state index in [-0.39, 0.29) is 5.75 Å². The number of halogens is 3. The molecule has 0 amide bonds. The number of hydrogen-bond donors (Lipinski definition) is 1. The predicted molar refractivity (Wildman–Crippen MR) is 75.0 cm³/mol. The number of nitrogens with one attached hydrogen (secondary N) is 1. The van der Waals surface area contributed by atoms with Gasteiger partial charge in [-0.2, -0.15) is 0 Å². The van der Waals surface area contributed by atoms with Crippen LogP contribution in [-0.4, -0.2) is 9.97 Å². The summed E-state index contributed by atoms with van der Waals surface area (Å²) in [7, 11) is 0. The molecule has 3 rings (SSSR count). The van der Waals surface area contributed by atoms with Crippen LogP contribution in [0.5, 0.6) is 11.5 Å². The number of rotatable bonds is 2. The molecule has 20 heavy (non-hydrogen) atoms. The largest absolute Gasteiger partial charge is 0.453 e. The number of imidazole rings is 1. The van der Waals surface area contributed by atoms with Gasteiger partial charge in [-0.3, -0.25) is 0 Å². The fourth-order valence-electron chi connectivity index (χ4n) is 1.89. The second-order valence-corrected chi connectivity index (χ2v) is 5.15. The Labute approximate surface area is 121 Å². The molecule has 0 aliphatic carbocycles. The van der Waals surface area contributed by atoms with Crippen LogP contribution in [0.4, 0.5) is 8.78 Å². The number of fused-ring (bicyclic) bond motifs is 1. The molecular weight excluding hydrogens is 330 g/mol. The smallest absolute Gasteiger partial charge is 0.168 e. The van der Waals surface area contributed by atoms with Crippen LogP contribution in [0.15, 0.2) is 34.8 Å². The molecule has 6 heteroatoms. The Hall–Kier alpha value is -1.95. The van der Waals surface area contributed by atoms with Crippen molar-refractivity contribution in [3.63, 3.8) is 0 Å². The Morgan fingerprint density at radius 1 is 1.15 bits per heavy atom. The number of hydrogen-bond acceptors (Lipinski definition) is 2. The first-order valence-electron chi connectivity index (χ1n) is 5.82. The average Bonchev–Trinajstić information content (AvgIpc) is 2.72. The minimum Gasteiger partial charge on any atom is -0.453 e. The average molecular weight is 339 g/mol. The highest BCUT2D eigenvalue weighted by molar-refractivity contribution is 9.10. The molecule has 2 aromatic carbocycles. The van der Waals surface area contributed by atoms with Gasteiger partial charge >= 0.3 is 0 Å². The lowest BCUT2D eigenvalue weighted by molar-refractivity contribution is 0.436. The summed E-state index contributed by atoms with van der Waals surface area (Å²) in [5.74, 6) is -0.257. The quantitative estimate of drug-likeness (QED) is 0.735. The summed E-state index contributed by atoms with van der Waals surface area (Å²) in [4.78, 5) is 7.37. The third-order valence-electron chi connectivity index (χ3n) is 2.77. The first-order valence-corrected chi connectivity index (χ1v) is 6.61. The van der Waals surface area contributed by atoms with Gasteiger partial charge in [0.15, 0.2) is 11.6 Å². The zero-order valence-corrected chi connectivity index (χ0v) is 12.0. The lowest BCUT2D eigenvalue weighted by atomic mass is 10.3. The monoisotopic (exact) mass is 338 g/mol. The van der Waals surface area contributed by atoms with Crippen LogP contribution in [0, 0.1) is 18.6 Å². The zero-order chi connectivity index (χ0) is 14.3. The summed E-state index contributed by atoms with van der Waals surface area (Å²) in [6.07, 6.45) is 0. The summed E-state index contributed by atoms with van der Waals surface area (Å²) >= 11 is 3.35. The van der Waals surface area contributed by atoms with Gasteiger partial charge < -0.3 is 9.72 Å². The Kier molecular flexibility index (Phi) is 3.17. The molecule has 3 aromatic rings. The fraction of sp³-hybridized carbons (Fsp3) is 0.0714. The van der Waals surface area contributed by atoms with Crippen LogP contribution < -0.4 is 4.74 Å². The van der Waals surface area contributed by atoms with Crippen LogP contribution in [-0.2, 0) is 0 Å². The minimum atomic E-state index is -0.754. The highest BCUT2D eigenvalue weighted by Crippen LogP contribution is 2.34. The second-order valence-electron chi connectivity index (χ2n) is 4.30. The molecule has 0 atom stereocenters. The van der Waals surface area contributed by atoms with Crippen molar-refractivity contribution in [3.05, 3.63) is 52.3 Å². The van der Waals surface area contributed by atoms with Gasteiger partial charge in [-0.25, -0.2) is 13.8 Å². The van der Waals surface area contributed by atoms with Crippen molar-refractivity contribution in [2.75, 3.05) is 0 Å². The van der Waals surface area contributed by atoms with Gasteiger partial charge in [0.25, 0.3) is 0 Å². The van der Waals surface area contributed by atoms with Crippen LogP contribution in [0.3, 0.4) is 0 Å². The number of ether oxygens (including phenoxy) is 1. The van der Waals surface area contributed by atoms with Crippen molar-refractivity contribution in [2.24, 2.45) is 0 Å². The summed E-state index contributed by atoms with van der Waals surface area (Å²) < 4.78 is 32.6. The molecule has 3 nitrogen and oxygen atoms in total. The van der Waals surface area contributed by atoms with E-state index < -0.39 is 11.6 Å². The standard InChI is InChI=1S/C14H9BrF2N2O/c1-7-18-11-5-9(15)14(6-12(11)19-7)20-13-3-2-8(16)4-10(13)17/h2-6H,1H3,(H,18,19). The van der Waals surface area contributed by atoms with Gasteiger partial charge in [0.2, 0.25) is 0 Å². The predicted octanol–water partition coefficient (Wildman–Crippen LogP) is 4.70. The van der Waals surface area contributed by atoms with Gasteiger partial charge in [-0.05, 0) is 41.1 Å². The van der Waals surface area contributed by atoms with Crippen molar-refractivity contribution in [1.29, 1.82) is 0 Å². The number of nitrogens with zero attached hydrogens (tertiary/aromatic N) is 1. The van der Waals surface area contributed by atoms with Crippen molar-refractivity contribution in [3.8, 4) is 11.5 Å². The highest BCUT2D eigenvalue weighted by Gasteiger charge is 2.11. The van der Waals surface area contributed by atoms with Crippen LogP contribution in [0.25, 0.3) is 11.0 Å². The van der Waals surface area contributed by atoms with Crippen molar-refractivity contribution >= 4 is 27.0 Å². The van der Waals surface area contributed by atoms with E-state index in [1.165, 1.54) is 6.07 Å². The van der Waals surface area contributed by atoms with E-state index >= 15 is 0 Å². The Balaban J connectivity index is 2.03. The number of H-pyrrole nitrogens is 1. The number of aromatic nitrogens is 2. The van der Waals surface area contributed by atoms with Crippen molar-refractivity contribution in [1.82, 2.24) is 9.97 Å². The lowest BCUT2D eigenvalue weighted by Gasteiger charge is -2.08. The molecule has 1 heterocycles. The molecule has 102 valence electrons. The third-order valence-corrected chi connectivity index (χ3v) is 3.39. The molecule has 0 spiro atoms. The lowest BCUT2D eigenvalue weighted by Crippen LogP contribution is -1.90. The molecule has 0 saturated carbocycles. The van der Waals surface area contributed by atoms with E-state index in [9.17, 15) is 8.78 Å². The first kappa shape index (κ1) is 13.1. The Morgan fingerprint density at radius 3 is 2.70 bits per heavy atom. The van der Waals surface area contributed by atoms with Gasteiger partial charge in [0.1, 0.15) is 17.4 Å². The highest BCUT2D eigenvalue weighted by atomic mass is 79.9.